The van der Waals surface area contributed by atoms with Gasteiger partial charge in [0, 0.05) is 18.7 Å². The highest BCUT2D eigenvalue weighted by atomic mass is 32.2. The predicted molar refractivity (Wildman–Crippen MR) is 69.8 cm³/mol. The highest BCUT2D eigenvalue weighted by Crippen LogP contribution is 2.07. The Kier molecular flexibility index (Phi) is 5.82. The molecule has 1 rings (SSSR count). The van der Waals surface area contributed by atoms with Gasteiger partial charge in [-0.15, -0.1) is 0 Å². The number of aliphatic hydroxyl groups excluding tert-OH is 1. The van der Waals surface area contributed by atoms with Crippen LogP contribution in [-0.4, -0.2) is 26.7 Å². The molecule has 0 spiro atoms. The maximum Gasteiger partial charge on any atom is 0.277 e. The summed E-state index contributed by atoms with van der Waals surface area (Å²) < 4.78 is 27.6. The molecule has 0 amide bonds. The van der Waals surface area contributed by atoms with Crippen LogP contribution in [0.15, 0.2) is 24.3 Å². The second-order valence-corrected chi connectivity index (χ2v) is 5.02. The SMILES string of the molecule is CCNS(=O)(=O)NCc1ccccc1C#CCO. The average molecular weight is 268 g/mol. The van der Waals surface area contributed by atoms with E-state index in [1.54, 1.807) is 25.1 Å². The van der Waals surface area contributed by atoms with Crippen LogP contribution in [0.1, 0.15) is 18.1 Å². The van der Waals surface area contributed by atoms with Crippen LogP contribution in [0.25, 0.3) is 0 Å². The van der Waals surface area contributed by atoms with Gasteiger partial charge in [-0.3, -0.25) is 0 Å². The Balaban J connectivity index is 2.79. The first-order chi connectivity index (χ1) is 8.59. The quantitative estimate of drug-likeness (QED) is 0.656. The fourth-order valence-electron chi connectivity index (χ4n) is 1.34. The fraction of sp³-hybridized carbons (Fsp3) is 0.333. The molecule has 6 heteroatoms. The van der Waals surface area contributed by atoms with Crippen molar-refractivity contribution in [3.05, 3.63) is 35.4 Å². The highest BCUT2D eigenvalue weighted by molar-refractivity contribution is 7.87. The Hall–Kier alpha value is -1.39. The van der Waals surface area contributed by atoms with Gasteiger partial charge in [-0.2, -0.15) is 13.1 Å². The van der Waals surface area contributed by atoms with Crippen molar-refractivity contribution in [1.82, 2.24) is 9.44 Å². The van der Waals surface area contributed by atoms with Gasteiger partial charge < -0.3 is 5.11 Å². The molecule has 18 heavy (non-hydrogen) atoms. The maximum atomic E-state index is 11.4. The second-order valence-electron chi connectivity index (χ2n) is 3.44. The molecule has 0 aromatic heterocycles. The monoisotopic (exact) mass is 268 g/mol. The molecule has 0 bridgehead atoms. The van der Waals surface area contributed by atoms with Gasteiger partial charge in [0.1, 0.15) is 6.61 Å². The lowest BCUT2D eigenvalue weighted by atomic mass is 10.1. The molecule has 0 unspecified atom stereocenters. The Labute approximate surface area is 107 Å². The van der Waals surface area contributed by atoms with Gasteiger partial charge in [-0.1, -0.05) is 37.0 Å². The van der Waals surface area contributed by atoms with Crippen LogP contribution in [0.4, 0.5) is 0 Å². The maximum absolute atomic E-state index is 11.4. The normalized spacial score (nSPS) is 10.8. The molecule has 0 aliphatic carbocycles. The fourth-order valence-corrected chi connectivity index (χ4v) is 2.17. The van der Waals surface area contributed by atoms with Crippen molar-refractivity contribution in [3.8, 4) is 11.8 Å². The number of benzene rings is 1. The van der Waals surface area contributed by atoms with Gasteiger partial charge in [0.05, 0.1) is 0 Å². The van der Waals surface area contributed by atoms with E-state index < -0.39 is 10.2 Å². The molecule has 3 N–H and O–H groups in total. The van der Waals surface area contributed by atoms with Gasteiger partial charge in [0.15, 0.2) is 0 Å². The Morgan fingerprint density at radius 2 is 2.00 bits per heavy atom. The first-order valence-corrected chi connectivity index (χ1v) is 6.99. The van der Waals surface area contributed by atoms with E-state index >= 15 is 0 Å². The molecular weight excluding hydrogens is 252 g/mol. The highest BCUT2D eigenvalue weighted by Gasteiger charge is 2.08. The van der Waals surface area contributed by atoms with Crippen LogP contribution >= 0.6 is 0 Å². The summed E-state index contributed by atoms with van der Waals surface area (Å²) in [6.07, 6.45) is 0. The second kappa shape index (κ2) is 7.13. The molecule has 0 aliphatic heterocycles. The predicted octanol–water partition coefficient (Wildman–Crippen LogP) is -0.0257. The van der Waals surface area contributed by atoms with E-state index in [9.17, 15) is 8.42 Å². The van der Waals surface area contributed by atoms with E-state index in [0.29, 0.717) is 12.1 Å². The van der Waals surface area contributed by atoms with E-state index in [2.05, 4.69) is 21.3 Å². The lowest BCUT2D eigenvalue weighted by molar-refractivity contribution is 0.350. The Morgan fingerprint density at radius 3 is 2.67 bits per heavy atom. The summed E-state index contributed by atoms with van der Waals surface area (Å²) in [7, 11) is -3.46. The van der Waals surface area contributed by atoms with E-state index in [0.717, 1.165) is 5.56 Å². The minimum absolute atomic E-state index is 0.158. The van der Waals surface area contributed by atoms with E-state index in [-0.39, 0.29) is 13.2 Å². The van der Waals surface area contributed by atoms with Gasteiger partial charge >= 0.3 is 0 Å². The summed E-state index contributed by atoms with van der Waals surface area (Å²) in [6, 6.07) is 7.18. The minimum atomic E-state index is -3.46. The third-order valence-corrected chi connectivity index (χ3v) is 3.30. The standard InChI is InChI=1S/C12H16N2O3S/c1-2-13-18(16,17)14-10-12-7-4-3-6-11(12)8-5-9-15/h3-4,6-7,13-15H,2,9-10H2,1H3. The average Bonchev–Trinajstić information content (AvgIpc) is 2.35. The van der Waals surface area contributed by atoms with Crippen molar-refractivity contribution in [2.24, 2.45) is 0 Å². The Bertz CT molecular complexity index is 544. The summed E-state index contributed by atoms with van der Waals surface area (Å²) in [5.74, 6) is 5.32. The van der Waals surface area contributed by atoms with Crippen LogP contribution in [0, 0.1) is 11.8 Å². The number of nitrogens with one attached hydrogen (secondary N) is 2. The molecule has 0 atom stereocenters. The number of rotatable bonds is 5. The zero-order chi connectivity index (χ0) is 13.4. The van der Waals surface area contributed by atoms with E-state index in [1.807, 2.05) is 6.07 Å². The summed E-state index contributed by atoms with van der Waals surface area (Å²) in [5, 5.41) is 8.65. The molecule has 0 radical (unpaired) electrons. The zero-order valence-electron chi connectivity index (χ0n) is 10.1. The molecule has 0 saturated heterocycles. The van der Waals surface area contributed by atoms with Crippen molar-refractivity contribution in [2.75, 3.05) is 13.2 Å². The largest absolute Gasteiger partial charge is 0.384 e. The van der Waals surface area contributed by atoms with E-state index in [4.69, 9.17) is 5.11 Å². The van der Waals surface area contributed by atoms with Crippen LogP contribution in [0.5, 0.6) is 0 Å². The lowest BCUT2D eigenvalue weighted by Gasteiger charge is -2.08. The van der Waals surface area contributed by atoms with Crippen LogP contribution in [-0.2, 0) is 16.8 Å². The smallest absolute Gasteiger partial charge is 0.277 e. The minimum Gasteiger partial charge on any atom is -0.384 e. The van der Waals surface area contributed by atoms with Gasteiger partial charge in [-0.25, -0.2) is 4.72 Å². The van der Waals surface area contributed by atoms with Crippen LogP contribution < -0.4 is 9.44 Å². The first-order valence-electron chi connectivity index (χ1n) is 5.51. The number of aliphatic hydroxyl groups is 1. The van der Waals surface area contributed by atoms with Crippen molar-refractivity contribution >= 4 is 10.2 Å². The number of hydrogen-bond donors (Lipinski definition) is 3. The molecule has 98 valence electrons. The third kappa shape index (κ3) is 4.85. The molecule has 1 aromatic rings. The third-order valence-electron chi connectivity index (χ3n) is 2.11. The van der Waals surface area contributed by atoms with Crippen molar-refractivity contribution in [1.29, 1.82) is 0 Å². The molecule has 0 fully saturated rings. The lowest BCUT2D eigenvalue weighted by Crippen LogP contribution is -2.36. The van der Waals surface area contributed by atoms with Crippen molar-refractivity contribution in [2.45, 2.75) is 13.5 Å². The van der Waals surface area contributed by atoms with Crippen LogP contribution in [0.3, 0.4) is 0 Å². The van der Waals surface area contributed by atoms with Crippen LogP contribution in [0.2, 0.25) is 0 Å². The summed E-state index contributed by atoms with van der Waals surface area (Å²) >= 11 is 0. The molecule has 5 nitrogen and oxygen atoms in total. The van der Waals surface area contributed by atoms with Crippen molar-refractivity contribution in [3.63, 3.8) is 0 Å². The van der Waals surface area contributed by atoms with Gasteiger partial charge in [-0.05, 0) is 11.6 Å². The number of hydrogen-bond acceptors (Lipinski definition) is 3. The van der Waals surface area contributed by atoms with Gasteiger partial charge in [0.2, 0.25) is 0 Å². The van der Waals surface area contributed by atoms with Crippen molar-refractivity contribution < 1.29 is 13.5 Å². The topological polar surface area (TPSA) is 78.4 Å². The summed E-state index contributed by atoms with van der Waals surface area (Å²) in [4.78, 5) is 0. The zero-order valence-corrected chi connectivity index (χ0v) is 10.9. The Morgan fingerprint density at radius 1 is 1.28 bits per heavy atom. The summed E-state index contributed by atoms with van der Waals surface area (Å²) in [6.45, 7) is 1.98. The van der Waals surface area contributed by atoms with Gasteiger partial charge in [0.25, 0.3) is 10.2 Å². The molecule has 0 saturated carbocycles. The molecule has 0 heterocycles. The molecular formula is C12H16N2O3S. The summed E-state index contributed by atoms with van der Waals surface area (Å²) in [5.41, 5.74) is 1.46. The molecule has 0 aliphatic rings. The molecule has 1 aromatic carbocycles. The first kappa shape index (κ1) is 14.7. The van der Waals surface area contributed by atoms with E-state index in [1.165, 1.54) is 0 Å².